The first-order valence-corrected chi connectivity index (χ1v) is 12.9. The van der Waals surface area contributed by atoms with E-state index in [4.69, 9.17) is 0 Å². The molecule has 0 saturated carbocycles. The number of quaternary nitrogens is 1. The highest BCUT2D eigenvalue weighted by molar-refractivity contribution is 5.77. The number of hydrogen-bond donors (Lipinski definition) is 1. The summed E-state index contributed by atoms with van der Waals surface area (Å²) in [5, 5.41) is 2.98. The zero-order chi connectivity index (χ0) is 22.1. The van der Waals surface area contributed by atoms with Crippen molar-refractivity contribution >= 4 is 11.8 Å². The lowest BCUT2D eigenvalue weighted by Crippen LogP contribution is -2.53. The highest BCUT2D eigenvalue weighted by atomic mass is 16.2. The lowest BCUT2D eigenvalue weighted by molar-refractivity contribution is -0.918. The lowest BCUT2D eigenvalue weighted by Gasteiger charge is -2.38. The fraction of sp³-hybridized carbons (Fsp3) is 0.920. The van der Waals surface area contributed by atoms with Gasteiger partial charge in [0.25, 0.3) is 0 Å². The van der Waals surface area contributed by atoms with Crippen LogP contribution in [0.5, 0.6) is 0 Å². The van der Waals surface area contributed by atoms with E-state index in [-0.39, 0.29) is 5.91 Å². The lowest BCUT2D eigenvalue weighted by atomic mass is 10.1. The van der Waals surface area contributed by atoms with Crippen molar-refractivity contribution in [1.82, 2.24) is 10.2 Å². The molecule has 0 radical (unpaired) electrons. The molecule has 0 aromatic rings. The van der Waals surface area contributed by atoms with Gasteiger partial charge in [-0.05, 0) is 32.1 Å². The van der Waals surface area contributed by atoms with Gasteiger partial charge in [-0.2, -0.15) is 0 Å². The standard InChI is InChI=1S/C25H49N3O2/c1-4-6-7-8-9-10-11-12-13-15-21-28(3,23-27-20-17-18-25(27)30)22-16-14-19-26-24(29)5-2/h4-23H2,1-3H3/p+1. The first kappa shape index (κ1) is 26.9. The molecule has 0 bridgehead atoms. The molecule has 1 atom stereocenters. The van der Waals surface area contributed by atoms with E-state index in [1.54, 1.807) is 0 Å². The molecule has 5 heteroatoms. The van der Waals surface area contributed by atoms with Crippen molar-refractivity contribution in [3.63, 3.8) is 0 Å². The Hall–Kier alpha value is -1.10. The summed E-state index contributed by atoms with van der Waals surface area (Å²) in [5.41, 5.74) is 0. The quantitative estimate of drug-likeness (QED) is 0.228. The van der Waals surface area contributed by atoms with E-state index >= 15 is 0 Å². The maximum Gasteiger partial charge on any atom is 0.226 e. The van der Waals surface area contributed by atoms with E-state index in [0.29, 0.717) is 12.3 Å². The predicted molar refractivity (Wildman–Crippen MR) is 126 cm³/mol. The Labute approximate surface area is 186 Å². The number of nitrogens with one attached hydrogen (secondary N) is 1. The molecule has 1 heterocycles. The van der Waals surface area contributed by atoms with Crippen LogP contribution in [0.2, 0.25) is 0 Å². The monoisotopic (exact) mass is 424 g/mol. The van der Waals surface area contributed by atoms with Crippen LogP contribution in [0, 0.1) is 0 Å². The van der Waals surface area contributed by atoms with Gasteiger partial charge in [-0.25, -0.2) is 0 Å². The Morgan fingerprint density at radius 1 is 0.900 bits per heavy atom. The van der Waals surface area contributed by atoms with Gasteiger partial charge in [0.15, 0.2) is 6.67 Å². The Kier molecular flexibility index (Phi) is 14.9. The molecule has 0 aliphatic carbocycles. The van der Waals surface area contributed by atoms with E-state index in [1.165, 1.54) is 64.2 Å². The van der Waals surface area contributed by atoms with Gasteiger partial charge < -0.3 is 9.80 Å². The van der Waals surface area contributed by atoms with Crippen LogP contribution in [0.3, 0.4) is 0 Å². The maximum absolute atomic E-state index is 12.1. The van der Waals surface area contributed by atoms with Gasteiger partial charge in [0.05, 0.1) is 20.1 Å². The number of unbranched alkanes of at least 4 members (excludes halogenated alkanes) is 10. The molecule has 5 nitrogen and oxygen atoms in total. The molecule has 2 amide bonds. The minimum atomic E-state index is 0.139. The average Bonchev–Trinajstić information content (AvgIpc) is 3.13. The molecule has 1 N–H and O–H groups in total. The first-order valence-electron chi connectivity index (χ1n) is 12.9. The zero-order valence-electron chi connectivity index (χ0n) is 20.4. The van der Waals surface area contributed by atoms with Crippen molar-refractivity contribution in [2.45, 2.75) is 110 Å². The van der Waals surface area contributed by atoms with Crippen LogP contribution in [0.4, 0.5) is 0 Å². The summed E-state index contributed by atoms with van der Waals surface area (Å²) in [4.78, 5) is 25.6. The Balaban J connectivity index is 2.27. The maximum atomic E-state index is 12.1. The molecule has 1 unspecified atom stereocenters. The van der Waals surface area contributed by atoms with Gasteiger partial charge in [0.2, 0.25) is 11.8 Å². The van der Waals surface area contributed by atoms with Crippen LogP contribution in [0.15, 0.2) is 0 Å². The highest BCUT2D eigenvalue weighted by Gasteiger charge is 2.29. The Morgan fingerprint density at radius 3 is 2.00 bits per heavy atom. The molecule has 30 heavy (non-hydrogen) atoms. The minimum absolute atomic E-state index is 0.139. The van der Waals surface area contributed by atoms with Gasteiger partial charge in [-0.1, -0.05) is 65.2 Å². The average molecular weight is 425 g/mol. The minimum Gasteiger partial charge on any atom is -0.356 e. The van der Waals surface area contributed by atoms with Crippen LogP contribution >= 0.6 is 0 Å². The van der Waals surface area contributed by atoms with Crippen LogP contribution in [0.1, 0.15) is 110 Å². The second-order valence-corrected chi connectivity index (χ2v) is 9.56. The molecule has 1 rings (SSSR count). The van der Waals surface area contributed by atoms with Crippen molar-refractivity contribution in [1.29, 1.82) is 0 Å². The van der Waals surface area contributed by atoms with Gasteiger partial charge in [-0.15, -0.1) is 0 Å². The normalized spacial score (nSPS) is 16.1. The first-order chi connectivity index (χ1) is 14.5. The third-order valence-corrected chi connectivity index (χ3v) is 6.50. The third kappa shape index (κ3) is 12.6. The van der Waals surface area contributed by atoms with E-state index in [1.807, 2.05) is 6.92 Å². The van der Waals surface area contributed by atoms with E-state index < -0.39 is 0 Å². The van der Waals surface area contributed by atoms with E-state index in [2.05, 4.69) is 24.2 Å². The topological polar surface area (TPSA) is 49.4 Å². The molecule has 0 aromatic heterocycles. The van der Waals surface area contributed by atoms with Crippen LogP contribution in [0.25, 0.3) is 0 Å². The summed E-state index contributed by atoms with van der Waals surface area (Å²) in [6, 6.07) is 0. The van der Waals surface area contributed by atoms with Crippen molar-refractivity contribution in [3.05, 3.63) is 0 Å². The van der Waals surface area contributed by atoms with Gasteiger partial charge in [-0.3, -0.25) is 14.5 Å². The van der Waals surface area contributed by atoms with E-state index in [9.17, 15) is 9.59 Å². The van der Waals surface area contributed by atoms with Gasteiger partial charge in [0, 0.05) is 25.9 Å². The SMILES string of the molecule is CCCCCCCCCCCC[N+](C)(CCCCNC(=O)CC)CN1CCCC1=O. The van der Waals surface area contributed by atoms with Crippen LogP contribution in [-0.4, -0.2) is 61.1 Å². The number of rotatable bonds is 19. The number of likely N-dealkylation sites (tertiary alicyclic amines) is 1. The highest BCUT2D eigenvalue weighted by Crippen LogP contribution is 2.17. The molecule has 1 aliphatic heterocycles. The van der Waals surface area contributed by atoms with Gasteiger partial charge >= 0.3 is 0 Å². The summed E-state index contributed by atoms with van der Waals surface area (Å²) in [5.74, 6) is 0.470. The van der Waals surface area contributed by atoms with Crippen molar-refractivity contribution in [2.24, 2.45) is 0 Å². The molecule has 1 saturated heterocycles. The molecular formula is C25H50N3O2+. The second-order valence-electron chi connectivity index (χ2n) is 9.56. The van der Waals surface area contributed by atoms with Gasteiger partial charge in [0.1, 0.15) is 0 Å². The fourth-order valence-corrected chi connectivity index (χ4v) is 4.47. The zero-order valence-corrected chi connectivity index (χ0v) is 20.4. The smallest absolute Gasteiger partial charge is 0.226 e. The molecule has 176 valence electrons. The summed E-state index contributed by atoms with van der Waals surface area (Å²) in [7, 11) is 2.32. The second kappa shape index (κ2) is 16.6. The molecule has 0 spiro atoms. The van der Waals surface area contributed by atoms with Crippen molar-refractivity contribution in [3.8, 4) is 0 Å². The molecule has 1 fully saturated rings. The number of amides is 2. The van der Waals surface area contributed by atoms with Crippen molar-refractivity contribution in [2.75, 3.05) is 39.9 Å². The van der Waals surface area contributed by atoms with Crippen LogP contribution < -0.4 is 5.32 Å². The number of nitrogens with zero attached hydrogens (tertiary/aromatic N) is 2. The Bertz CT molecular complexity index is 469. The predicted octanol–water partition coefficient (Wildman–Crippen LogP) is 5.24. The Morgan fingerprint density at radius 2 is 1.47 bits per heavy atom. The fourth-order valence-electron chi connectivity index (χ4n) is 4.47. The summed E-state index contributed by atoms with van der Waals surface area (Å²) in [6.07, 6.45) is 18.0. The largest absolute Gasteiger partial charge is 0.356 e. The summed E-state index contributed by atoms with van der Waals surface area (Å²) < 4.78 is 0.963. The van der Waals surface area contributed by atoms with E-state index in [0.717, 1.165) is 63.0 Å². The number of carbonyl (C=O) groups is 2. The van der Waals surface area contributed by atoms with Crippen LogP contribution in [-0.2, 0) is 9.59 Å². The van der Waals surface area contributed by atoms with Crippen molar-refractivity contribution < 1.29 is 14.1 Å². The summed E-state index contributed by atoms with van der Waals surface area (Å²) in [6.45, 7) is 8.96. The third-order valence-electron chi connectivity index (χ3n) is 6.50. The number of carbonyl (C=O) groups excluding carboxylic acids is 2. The number of hydrogen-bond acceptors (Lipinski definition) is 2. The molecule has 0 aromatic carbocycles. The summed E-state index contributed by atoms with van der Waals surface area (Å²) >= 11 is 0. The molecular weight excluding hydrogens is 374 g/mol. The molecule has 1 aliphatic rings.